The van der Waals surface area contributed by atoms with Crippen LogP contribution >= 0.6 is 0 Å². The van der Waals surface area contributed by atoms with Crippen molar-refractivity contribution in [3.63, 3.8) is 0 Å². The molecule has 10 heteroatoms. The van der Waals surface area contributed by atoms with Crippen LogP contribution in [0.3, 0.4) is 0 Å². The molecule has 0 spiro atoms. The summed E-state index contributed by atoms with van der Waals surface area (Å²) in [7, 11) is 1.57. The number of hydrogen-bond acceptors (Lipinski definition) is 8. The molecule has 2 heterocycles. The topological polar surface area (TPSA) is 117 Å². The molecule has 4 rings (SSSR count). The van der Waals surface area contributed by atoms with Gasteiger partial charge in [0.05, 0.1) is 23.6 Å². The number of carbonyl (C=O) groups excluding carboxylic acids is 1. The van der Waals surface area contributed by atoms with Gasteiger partial charge in [-0.05, 0) is 47.5 Å². The zero-order valence-electron chi connectivity index (χ0n) is 18.5. The molecular weight excluding hydrogens is 422 g/mol. The average molecular weight is 445 g/mol. The van der Waals surface area contributed by atoms with Crippen molar-refractivity contribution < 1.29 is 14.3 Å². The molecule has 10 nitrogen and oxygen atoms in total. The Hall–Kier alpha value is -4.18. The first-order valence-electron chi connectivity index (χ1n) is 10.3. The lowest BCUT2D eigenvalue weighted by atomic mass is 10.0. The Balaban J connectivity index is 1.65. The SMILES string of the molecule is COCc1nnnn1-c1cc(OC(=O)NC(C)c2cnccn2)cc(-c2ccc(C)cc2)c1. The van der Waals surface area contributed by atoms with Gasteiger partial charge in [-0.3, -0.25) is 9.97 Å². The lowest BCUT2D eigenvalue weighted by molar-refractivity contribution is 0.175. The molecule has 1 atom stereocenters. The zero-order valence-corrected chi connectivity index (χ0v) is 18.5. The van der Waals surface area contributed by atoms with Gasteiger partial charge < -0.3 is 14.8 Å². The zero-order chi connectivity index (χ0) is 23.2. The van der Waals surface area contributed by atoms with Crippen molar-refractivity contribution in [3.05, 3.63) is 78.1 Å². The summed E-state index contributed by atoms with van der Waals surface area (Å²) in [6, 6.07) is 13.1. The van der Waals surface area contributed by atoms with E-state index in [0.29, 0.717) is 23.0 Å². The molecule has 0 aliphatic carbocycles. The van der Waals surface area contributed by atoms with E-state index in [9.17, 15) is 4.79 Å². The maximum atomic E-state index is 12.6. The van der Waals surface area contributed by atoms with E-state index in [1.807, 2.05) is 37.3 Å². The maximum absolute atomic E-state index is 12.6. The van der Waals surface area contributed by atoms with E-state index < -0.39 is 6.09 Å². The summed E-state index contributed by atoms with van der Waals surface area (Å²) in [5.41, 5.74) is 4.21. The molecule has 1 N–H and O–H groups in total. The van der Waals surface area contributed by atoms with Crippen LogP contribution in [0.15, 0.2) is 61.1 Å². The Morgan fingerprint density at radius 2 is 1.94 bits per heavy atom. The van der Waals surface area contributed by atoms with Gasteiger partial charge in [0, 0.05) is 25.6 Å². The minimum atomic E-state index is -0.617. The fraction of sp³-hybridized carbons (Fsp3) is 0.217. The second-order valence-electron chi connectivity index (χ2n) is 7.41. The van der Waals surface area contributed by atoms with Gasteiger partial charge in [0.1, 0.15) is 12.4 Å². The van der Waals surface area contributed by atoms with Gasteiger partial charge in [-0.25, -0.2) is 4.79 Å². The number of tetrazole rings is 1. The lowest BCUT2D eigenvalue weighted by Crippen LogP contribution is -2.30. The number of aryl methyl sites for hydroxylation is 1. The number of carbonyl (C=O) groups is 1. The largest absolute Gasteiger partial charge is 0.413 e. The molecule has 2 aromatic carbocycles. The quantitative estimate of drug-likeness (QED) is 0.460. The van der Waals surface area contributed by atoms with Crippen molar-refractivity contribution in [2.45, 2.75) is 26.5 Å². The standard InChI is InChI=1S/C23H23N7O3/c1-15-4-6-17(7-5-15)18-10-19(30-22(14-32-3)27-28-29-30)12-20(11-18)33-23(31)26-16(2)21-13-24-8-9-25-21/h4-13,16H,14H2,1-3H3,(H,26,31). The number of aromatic nitrogens is 6. The van der Waals surface area contributed by atoms with Crippen LogP contribution in [0.1, 0.15) is 30.0 Å². The first-order valence-corrected chi connectivity index (χ1v) is 10.3. The third-order valence-electron chi connectivity index (χ3n) is 4.90. The molecule has 4 aromatic rings. The van der Waals surface area contributed by atoms with Gasteiger partial charge in [0.25, 0.3) is 0 Å². The first kappa shape index (κ1) is 22.0. The number of nitrogens with zero attached hydrogens (tertiary/aromatic N) is 6. The van der Waals surface area contributed by atoms with Crippen LogP contribution in [0.25, 0.3) is 16.8 Å². The molecule has 0 bridgehead atoms. The highest BCUT2D eigenvalue weighted by Crippen LogP contribution is 2.29. The highest BCUT2D eigenvalue weighted by Gasteiger charge is 2.16. The van der Waals surface area contributed by atoms with Gasteiger partial charge in [-0.15, -0.1) is 5.10 Å². The fourth-order valence-corrected chi connectivity index (χ4v) is 3.22. The summed E-state index contributed by atoms with van der Waals surface area (Å²) >= 11 is 0. The molecule has 0 saturated heterocycles. The Bertz CT molecular complexity index is 1230. The number of amides is 1. The predicted molar refractivity (Wildman–Crippen MR) is 120 cm³/mol. The molecule has 0 aliphatic heterocycles. The predicted octanol–water partition coefficient (Wildman–Crippen LogP) is 3.42. The molecule has 0 radical (unpaired) electrons. The molecule has 33 heavy (non-hydrogen) atoms. The first-order chi connectivity index (χ1) is 16.0. The third-order valence-corrected chi connectivity index (χ3v) is 4.90. The van der Waals surface area contributed by atoms with E-state index >= 15 is 0 Å². The Morgan fingerprint density at radius 3 is 2.67 bits per heavy atom. The van der Waals surface area contributed by atoms with Gasteiger partial charge in [0.15, 0.2) is 5.82 Å². The molecule has 1 amide bonds. The second-order valence-corrected chi connectivity index (χ2v) is 7.41. The van der Waals surface area contributed by atoms with Crippen LogP contribution in [0.4, 0.5) is 4.79 Å². The minimum absolute atomic E-state index is 0.230. The molecule has 168 valence electrons. The number of benzene rings is 2. The number of nitrogens with one attached hydrogen (secondary N) is 1. The molecular formula is C23H23N7O3. The van der Waals surface area contributed by atoms with Crippen LogP contribution in [0.2, 0.25) is 0 Å². The summed E-state index contributed by atoms with van der Waals surface area (Å²) in [6.07, 6.45) is 4.12. The van der Waals surface area contributed by atoms with Crippen molar-refractivity contribution in [2.75, 3.05) is 7.11 Å². The summed E-state index contributed by atoms with van der Waals surface area (Å²) in [4.78, 5) is 20.8. The summed E-state index contributed by atoms with van der Waals surface area (Å²) in [5, 5.41) is 14.6. The Morgan fingerprint density at radius 1 is 1.12 bits per heavy atom. The third kappa shape index (κ3) is 5.36. The van der Waals surface area contributed by atoms with E-state index in [0.717, 1.165) is 16.7 Å². The van der Waals surface area contributed by atoms with E-state index in [1.165, 1.54) is 0 Å². The lowest BCUT2D eigenvalue weighted by Gasteiger charge is -2.15. The summed E-state index contributed by atoms with van der Waals surface area (Å²) < 4.78 is 12.4. The van der Waals surface area contributed by atoms with Gasteiger partial charge in [0.2, 0.25) is 0 Å². The average Bonchev–Trinajstić information content (AvgIpc) is 3.28. The number of hydrogen-bond donors (Lipinski definition) is 1. The highest BCUT2D eigenvalue weighted by atomic mass is 16.6. The van der Waals surface area contributed by atoms with Crippen LogP contribution in [-0.4, -0.2) is 43.4 Å². The number of ether oxygens (including phenoxy) is 2. The van der Waals surface area contributed by atoms with Gasteiger partial charge in [-0.2, -0.15) is 4.68 Å². The maximum Gasteiger partial charge on any atom is 0.413 e. The normalized spacial score (nSPS) is 11.7. The van der Waals surface area contributed by atoms with Gasteiger partial charge >= 0.3 is 6.09 Å². The van der Waals surface area contributed by atoms with Crippen LogP contribution in [0, 0.1) is 6.92 Å². The van der Waals surface area contributed by atoms with E-state index in [1.54, 1.807) is 49.4 Å². The molecule has 0 fully saturated rings. The number of methoxy groups -OCH3 is 1. The van der Waals surface area contributed by atoms with E-state index in [4.69, 9.17) is 9.47 Å². The van der Waals surface area contributed by atoms with Crippen molar-refractivity contribution in [1.29, 1.82) is 0 Å². The smallest absolute Gasteiger partial charge is 0.410 e. The second kappa shape index (κ2) is 9.96. The minimum Gasteiger partial charge on any atom is -0.410 e. The van der Waals surface area contributed by atoms with Crippen molar-refractivity contribution >= 4 is 6.09 Å². The van der Waals surface area contributed by atoms with Crippen LogP contribution in [-0.2, 0) is 11.3 Å². The van der Waals surface area contributed by atoms with E-state index in [-0.39, 0.29) is 12.6 Å². The molecule has 1 unspecified atom stereocenters. The molecule has 0 aliphatic rings. The monoisotopic (exact) mass is 445 g/mol. The van der Waals surface area contributed by atoms with E-state index in [2.05, 4.69) is 30.8 Å². The summed E-state index contributed by atoms with van der Waals surface area (Å²) in [5.74, 6) is 0.857. The van der Waals surface area contributed by atoms with Crippen molar-refractivity contribution in [2.24, 2.45) is 0 Å². The van der Waals surface area contributed by atoms with Gasteiger partial charge in [-0.1, -0.05) is 29.8 Å². The molecule has 0 saturated carbocycles. The van der Waals surface area contributed by atoms with Crippen LogP contribution in [0.5, 0.6) is 5.75 Å². The Kier molecular flexibility index (Phi) is 6.65. The molecule has 2 aromatic heterocycles. The van der Waals surface area contributed by atoms with Crippen LogP contribution < -0.4 is 10.1 Å². The number of rotatable bonds is 7. The fourth-order valence-electron chi connectivity index (χ4n) is 3.22. The highest BCUT2D eigenvalue weighted by molar-refractivity contribution is 5.74. The summed E-state index contributed by atoms with van der Waals surface area (Å²) in [6.45, 7) is 4.06. The van der Waals surface area contributed by atoms with Crippen molar-refractivity contribution in [3.8, 4) is 22.6 Å². The Labute approximate surface area is 190 Å². The van der Waals surface area contributed by atoms with Crippen molar-refractivity contribution in [1.82, 2.24) is 35.5 Å².